The van der Waals surface area contributed by atoms with E-state index < -0.39 is 0 Å². The predicted molar refractivity (Wildman–Crippen MR) is 94.5 cm³/mol. The van der Waals surface area contributed by atoms with Crippen LogP contribution in [0.4, 0.5) is 0 Å². The lowest BCUT2D eigenvalue weighted by atomic mass is 10.0. The number of hydrogen-bond donors (Lipinski definition) is 2. The zero-order valence-electron chi connectivity index (χ0n) is 14.2. The van der Waals surface area contributed by atoms with Crippen LogP contribution in [0.1, 0.15) is 48.5 Å². The van der Waals surface area contributed by atoms with Crippen LogP contribution in [-0.4, -0.2) is 37.1 Å². The standard InChI is InChI=1S/C19H29N3/c1-14-9-10-17-16(13-14)15-7-4-5-8-18(19(15)21-17)20-11-6-12-22(2)3/h9-10,13,18,20-21H,4-8,11-12H2,1-3H3. The summed E-state index contributed by atoms with van der Waals surface area (Å²) in [6.45, 7) is 4.43. The number of aryl methyl sites for hydroxylation is 2. The van der Waals surface area contributed by atoms with E-state index in [1.54, 1.807) is 5.56 Å². The van der Waals surface area contributed by atoms with Crippen molar-refractivity contribution < 1.29 is 0 Å². The fourth-order valence-corrected chi connectivity index (χ4v) is 3.62. The smallest absolute Gasteiger partial charge is 0.0476 e. The molecule has 0 saturated carbocycles. The molecular weight excluding hydrogens is 270 g/mol. The summed E-state index contributed by atoms with van der Waals surface area (Å²) in [6.07, 6.45) is 6.30. The van der Waals surface area contributed by atoms with Gasteiger partial charge in [0, 0.05) is 22.6 Å². The first kappa shape index (κ1) is 15.6. The summed E-state index contributed by atoms with van der Waals surface area (Å²) >= 11 is 0. The van der Waals surface area contributed by atoms with E-state index in [2.05, 4.69) is 54.4 Å². The van der Waals surface area contributed by atoms with Gasteiger partial charge in [-0.25, -0.2) is 0 Å². The average molecular weight is 299 g/mol. The Morgan fingerprint density at radius 1 is 1.27 bits per heavy atom. The van der Waals surface area contributed by atoms with Crippen molar-refractivity contribution in [2.45, 2.75) is 45.1 Å². The zero-order chi connectivity index (χ0) is 15.5. The molecule has 22 heavy (non-hydrogen) atoms. The van der Waals surface area contributed by atoms with Crippen molar-refractivity contribution >= 4 is 10.9 Å². The molecule has 0 saturated heterocycles. The summed E-state index contributed by atoms with van der Waals surface area (Å²) in [5, 5.41) is 5.23. The molecule has 3 nitrogen and oxygen atoms in total. The first-order valence-electron chi connectivity index (χ1n) is 8.64. The van der Waals surface area contributed by atoms with E-state index in [-0.39, 0.29) is 0 Å². The van der Waals surface area contributed by atoms with E-state index in [0.29, 0.717) is 6.04 Å². The van der Waals surface area contributed by atoms with Gasteiger partial charge in [0.05, 0.1) is 0 Å². The van der Waals surface area contributed by atoms with E-state index in [4.69, 9.17) is 0 Å². The highest BCUT2D eigenvalue weighted by molar-refractivity contribution is 5.85. The molecule has 2 aromatic rings. The average Bonchev–Trinajstić information content (AvgIpc) is 2.71. The maximum atomic E-state index is 3.79. The molecule has 1 aromatic heterocycles. The van der Waals surface area contributed by atoms with E-state index in [1.807, 2.05) is 0 Å². The lowest BCUT2D eigenvalue weighted by Gasteiger charge is -2.18. The van der Waals surface area contributed by atoms with Gasteiger partial charge in [-0.15, -0.1) is 0 Å². The Morgan fingerprint density at radius 3 is 2.95 bits per heavy atom. The van der Waals surface area contributed by atoms with Crippen molar-refractivity contribution in [3.8, 4) is 0 Å². The third-order valence-electron chi connectivity index (χ3n) is 4.79. The maximum Gasteiger partial charge on any atom is 0.0476 e. The van der Waals surface area contributed by atoms with Gasteiger partial charge in [0.25, 0.3) is 0 Å². The number of aromatic nitrogens is 1. The Labute approximate surface area is 134 Å². The molecule has 3 heteroatoms. The topological polar surface area (TPSA) is 31.1 Å². The minimum atomic E-state index is 0.493. The predicted octanol–water partition coefficient (Wildman–Crippen LogP) is 3.79. The van der Waals surface area contributed by atoms with Crippen molar-refractivity contribution in [2.75, 3.05) is 27.2 Å². The molecule has 1 atom stereocenters. The van der Waals surface area contributed by atoms with Gasteiger partial charge in [0.2, 0.25) is 0 Å². The van der Waals surface area contributed by atoms with Gasteiger partial charge >= 0.3 is 0 Å². The first-order valence-corrected chi connectivity index (χ1v) is 8.64. The summed E-state index contributed by atoms with van der Waals surface area (Å²) in [4.78, 5) is 5.97. The van der Waals surface area contributed by atoms with Crippen LogP contribution in [0.25, 0.3) is 10.9 Å². The highest BCUT2D eigenvalue weighted by Gasteiger charge is 2.22. The van der Waals surface area contributed by atoms with Crippen LogP contribution in [0.2, 0.25) is 0 Å². The Morgan fingerprint density at radius 2 is 2.14 bits per heavy atom. The highest BCUT2D eigenvalue weighted by Crippen LogP contribution is 2.34. The third-order valence-corrected chi connectivity index (χ3v) is 4.79. The summed E-state index contributed by atoms with van der Waals surface area (Å²) < 4.78 is 0. The molecule has 0 amide bonds. The number of nitrogens with zero attached hydrogens (tertiary/aromatic N) is 1. The van der Waals surface area contributed by atoms with Gasteiger partial charge < -0.3 is 15.2 Å². The second kappa shape index (κ2) is 6.84. The fraction of sp³-hybridized carbons (Fsp3) is 0.579. The quantitative estimate of drug-likeness (QED) is 0.650. The third kappa shape index (κ3) is 3.36. The van der Waals surface area contributed by atoms with Gasteiger partial charge in [0.15, 0.2) is 0 Å². The van der Waals surface area contributed by atoms with Crippen LogP contribution in [-0.2, 0) is 6.42 Å². The number of hydrogen-bond acceptors (Lipinski definition) is 2. The molecule has 1 heterocycles. The summed E-state index contributed by atoms with van der Waals surface area (Å²) in [7, 11) is 4.29. The van der Waals surface area contributed by atoms with Crippen molar-refractivity contribution in [2.24, 2.45) is 0 Å². The van der Waals surface area contributed by atoms with Crippen LogP contribution in [0, 0.1) is 6.92 Å². The summed E-state index contributed by atoms with van der Waals surface area (Å²) in [6, 6.07) is 7.28. The summed E-state index contributed by atoms with van der Waals surface area (Å²) in [5.41, 5.74) is 5.66. The second-order valence-corrected chi connectivity index (χ2v) is 6.98. The van der Waals surface area contributed by atoms with Crippen LogP contribution in [0.3, 0.4) is 0 Å². The molecule has 0 radical (unpaired) electrons. The Hall–Kier alpha value is -1.32. The van der Waals surface area contributed by atoms with E-state index in [0.717, 1.165) is 13.1 Å². The molecule has 0 spiro atoms. The van der Waals surface area contributed by atoms with Crippen molar-refractivity contribution in [1.29, 1.82) is 0 Å². The molecule has 1 aliphatic rings. The lowest BCUT2D eigenvalue weighted by Crippen LogP contribution is -2.25. The highest BCUT2D eigenvalue weighted by atomic mass is 15.1. The molecular formula is C19H29N3. The van der Waals surface area contributed by atoms with Crippen LogP contribution in [0.5, 0.6) is 0 Å². The van der Waals surface area contributed by atoms with Gasteiger partial charge in [-0.05, 0) is 77.5 Å². The summed E-state index contributed by atoms with van der Waals surface area (Å²) in [5.74, 6) is 0. The van der Waals surface area contributed by atoms with E-state index >= 15 is 0 Å². The molecule has 2 N–H and O–H groups in total. The minimum absolute atomic E-state index is 0.493. The Bertz CT molecular complexity index is 627. The number of aromatic amines is 1. The van der Waals surface area contributed by atoms with Gasteiger partial charge in [-0.1, -0.05) is 18.1 Å². The number of nitrogens with one attached hydrogen (secondary N) is 2. The normalized spacial score (nSPS) is 18.6. The first-order chi connectivity index (χ1) is 10.6. The molecule has 0 bridgehead atoms. The van der Waals surface area contributed by atoms with Gasteiger partial charge in [0.1, 0.15) is 0 Å². The van der Waals surface area contributed by atoms with E-state index in [1.165, 1.54) is 54.3 Å². The second-order valence-electron chi connectivity index (χ2n) is 6.98. The Kier molecular flexibility index (Phi) is 4.84. The molecule has 3 rings (SSSR count). The monoisotopic (exact) mass is 299 g/mol. The van der Waals surface area contributed by atoms with Crippen molar-refractivity contribution in [3.63, 3.8) is 0 Å². The zero-order valence-corrected chi connectivity index (χ0v) is 14.2. The van der Waals surface area contributed by atoms with Crippen molar-refractivity contribution in [3.05, 3.63) is 35.0 Å². The Balaban J connectivity index is 1.80. The molecule has 1 aromatic carbocycles. The van der Waals surface area contributed by atoms with E-state index in [9.17, 15) is 0 Å². The molecule has 1 unspecified atom stereocenters. The minimum Gasteiger partial charge on any atom is -0.357 e. The van der Waals surface area contributed by atoms with Gasteiger partial charge in [-0.3, -0.25) is 0 Å². The SMILES string of the molecule is Cc1ccc2[nH]c3c(c2c1)CCCCC3NCCCN(C)C. The molecule has 1 aliphatic carbocycles. The fourth-order valence-electron chi connectivity index (χ4n) is 3.62. The lowest BCUT2D eigenvalue weighted by molar-refractivity contribution is 0.382. The van der Waals surface area contributed by atoms with Crippen molar-refractivity contribution in [1.82, 2.24) is 15.2 Å². The number of fused-ring (bicyclic) bond motifs is 3. The molecule has 0 aliphatic heterocycles. The van der Waals surface area contributed by atoms with Crippen LogP contribution < -0.4 is 5.32 Å². The number of rotatable bonds is 5. The molecule has 0 fully saturated rings. The maximum absolute atomic E-state index is 3.79. The van der Waals surface area contributed by atoms with Crippen LogP contribution in [0.15, 0.2) is 18.2 Å². The number of benzene rings is 1. The van der Waals surface area contributed by atoms with Gasteiger partial charge in [-0.2, -0.15) is 0 Å². The largest absolute Gasteiger partial charge is 0.357 e. The molecule has 120 valence electrons. The number of H-pyrrole nitrogens is 1. The van der Waals surface area contributed by atoms with Crippen LogP contribution >= 0.6 is 0 Å².